The Balaban J connectivity index is 0.00000637. The van der Waals surface area contributed by atoms with Gasteiger partial charge in [0.1, 0.15) is 5.82 Å². The number of rotatable bonds is 8. The van der Waals surface area contributed by atoms with Gasteiger partial charge in [0.05, 0.1) is 17.9 Å². The van der Waals surface area contributed by atoms with E-state index in [9.17, 15) is 0 Å². The fraction of sp³-hybridized carbons (Fsp3) is 0.0769. The smallest absolute Gasteiger partial charge is 0.135 e. The van der Waals surface area contributed by atoms with Gasteiger partial charge in [-0.1, -0.05) is 141 Å². The molecule has 12 aromatic rings. The number of benzene rings is 9. The van der Waals surface area contributed by atoms with E-state index < -0.39 is 37.1 Å². The number of para-hydroxylation sites is 2. The summed E-state index contributed by atoms with van der Waals surface area (Å²) in [6.07, 6.45) is 1.29. The first-order valence-electron chi connectivity index (χ1n) is 27.5. The molecule has 3 aromatic heterocycles. The van der Waals surface area contributed by atoms with Crippen LogP contribution in [0, 0.1) is 25.7 Å². The summed E-state index contributed by atoms with van der Waals surface area (Å²) < 4.78 is 79.5. The van der Waals surface area contributed by atoms with Crippen LogP contribution >= 0.6 is 0 Å². The van der Waals surface area contributed by atoms with Gasteiger partial charge in [0, 0.05) is 87.5 Å². The Morgan fingerprint density at radius 2 is 1.29 bits per heavy atom. The molecule has 0 aliphatic carbocycles. The van der Waals surface area contributed by atoms with E-state index in [-0.39, 0.29) is 49.0 Å². The number of aromatic nitrogens is 3. The maximum Gasteiger partial charge on any atom is 0.135 e. The van der Waals surface area contributed by atoms with Crippen molar-refractivity contribution in [3.63, 3.8) is 0 Å². The number of ether oxygens (including phenoxy) is 1. The summed E-state index contributed by atoms with van der Waals surface area (Å²) in [5, 5.41) is 3.84. The first-order valence-corrected chi connectivity index (χ1v) is 23.5. The van der Waals surface area contributed by atoms with E-state index in [1.807, 2.05) is 89.5 Å². The van der Waals surface area contributed by atoms with Crippen LogP contribution in [0.1, 0.15) is 42.9 Å². The van der Waals surface area contributed by atoms with E-state index in [1.54, 1.807) is 0 Å². The first kappa shape index (κ1) is 36.7. The number of pyridine rings is 1. The molecule has 0 unspecified atom stereocenters. The molecule has 7 heteroatoms. The Labute approximate surface area is 445 Å². The maximum absolute atomic E-state index is 8.76. The van der Waals surface area contributed by atoms with Crippen molar-refractivity contribution in [2.45, 2.75) is 33.0 Å². The van der Waals surface area contributed by atoms with Crippen molar-refractivity contribution in [2.75, 3.05) is 9.80 Å². The van der Waals surface area contributed by atoms with Crippen LogP contribution in [0.5, 0.6) is 11.5 Å². The third-order valence-electron chi connectivity index (χ3n) is 13.4. The summed E-state index contributed by atoms with van der Waals surface area (Å²) in [4.78, 5) is 9.17. The topological polar surface area (TPSA) is 38.5 Å². The van der Waals surface area contributed by atoms with Gasteiger partial charge in [0.2, 0.25) is 0 Å². The van der Waals surface area contributed by atoms with Crippen molar-refractivity contribution >= 4 is 66.4 Å². The molecule has 352 valence electrons. The van der Waals surface area contributed by atoms with Gasteiger partial charge in [0.25, 0.3) is 0 Å². The largest absolute Gasteiger partial charge is 0.509 e. The van der Waals surface area contributed by atoms with E-state index in [4.69, 9.17) is 20.7 Å². The fourth-order valence-corrected chi connectivity index (χ4v) is 9.95. The second-order valence-electron chi connectivity index (χ2n) is 18.8. The molecule has 1 aliphatic heterocycles. The molecule has 0 saturated carbocycles. The van der Waals surface area contributed by atoms with Crippen LogP contribution in [0.15, 0.2) is 212 Å². The molecule has 0 amide bonds. The number of fused-ring (bicyclic) bond motifs is 7. The van der Waals surface area contributed by atoms with Crippen molar-refractivity contribution in [3.8, 4) is 45.3 Å². The van der Waals surface area contributed by atoms with Crippen LogP contribution in [0.2, 0.25) is 0 Å². The van der Waals surface area contributed by atoms with Crippen LogP contribution in [-0.4, -0.2) is 14.1 Å². The van der Waals surface area contributed by atoms with Crippen LogP contribution in [0.25, 0.3) is 77.4 Å². The zero-order chi connectivity index (χ0) is 54.6. The fourth-order valence-electron chi connectivity index (χ4n) is 9.95. The number of anilines is 4. The average molecular weight is 1120 g/mol. The van der Waals surface area contributed by atoms with E-state index in [0.717, 1.165) is 72.1 Å². The molecule has 1 aliphatic rings. The molecule has 0 fully saturated rings. The first-order chi connectivity index (χ1) is 38.0. The van der Waals surface area contributed by atoms with Gasteiger partial charge < -0.3 is 23.7 Å². The molecule has 0 radical (unpaired) electrons. The van der Waals surface area contributed by atoms with Crippen LogP contribution in [-0.2, 0) is 26.5 Å². The van der Waals surface area contributed by atoms with Crippen molar-refractivity contribution in [1.82, 2.24) is 14.1 Å². The van der Waals surface area contributed by atoms with Gasteiger partial charge in [-0.25, -0.2) is 4.98 Å². The van der Waals surface area contributed by atoms with Crippen molar-refractivity contribution in [1.29, 1.82) is 0 Å². The third kappa shape index (κ3) is 7.75. The van der Waals surface area contributed by atoms with Gasteiger partial charge in [-0.15, -0.1) is 48.1 Å². The summed E-state index contributed by atoms with van der Waals surface area (Å²) in [7, 11) is 0. The molecular weight excluding hydrogens is 1060 g/mol. The van der Waals surface area contributed by atoms with Gasteiger partial charge >= 0.3 is 0 Å². The zero-order valence-electron chi connectivity index (χ0n) is 47.4. The predicted molar refractivity (Wildman–Crippen MR) is 293 cm³/mol. The minimum atomic E-state index is -2.79. The summed E-state index contributed by atoms with van der Waals surface area (Å²) in [5.74, 6) is 1.00. The Morgan fingerprint density at radius 3 is 2.07 bits per heavy atom. The standard InChI is InChI=1S/C65H48N5O.Pt/c1-43-35-64(66-41-57(43)45-19-9-6-10-20-45)70-60-34-30-50(69-58-27-13-11-25-53(58)54-26-12-14-28-59(54)69)39-56(60)55-32-31-52(40-62(55)70)71-51-24-16-23-49(38-51)67-42-68(48-22-15-21-47(37-48)65(2,3)4)63-36-46(29-33-61(63)67)44-17-7-5-8-18-44;/h5-37,39,41-42H,1-4H3;/q-3;/i1D3,6D,9D,10D,19D,20D;. The minimum Gasteiger partial charge on any atom is -0.509 e. The molecule has 0 saturated heterocycles. The second-order valence-corrected chi connectivity index (χ2v) is 18.8. The Morgan fingerprint density at radius 1 is 0.556 bits per heavy atom. The van der Waals surface area contributed by atoms with Crippen LogP contribution in [0.3, 0.4) is 0 Å². The Kier molecular flexibility index (Phi) is 9.13. The number of aryl methyl sites for hydroxylation is 1. The van der Waals surface area contributed by atoms with Crippen molar-refractivity contribution in [3.05, 3.63) is 242 Å². The molecule has 4 heterocycles. The van der Waals surface area contributed by atoms with E-state index in [1.165, 1.54) is 17.8 Å². The molecule has 9 aromatic carbocycles. The summed E-state index contributed by atoms with van der Waals surface area (Å²) >= 11 is 0. The van der Waals surface area contributed by atoms with Gasteiger partial charge in [-0.2, -0.15) is 12.1 Å². The normalized spacial score (nSPS) is 14.3. The van der Waals surface area contributed by atoms with Crippen molar-refractivity contribution in [2.24, 2.45) is 0 Å². The summed E-state index contributed by atoms with van der Waals surface area (Å²) in [6.45, 7) is 5.95. The monoisotopic (exact) mass is 1120 g/mol. The predicted octanol–water partition coefficient (Wildman–Crippen LogP) is 17.0. The van der Waals surface area contributed by atoms with Crippen LogP contribution < -0.4 is 14.5 Å². The van der Waals surface area contributed by atoms with E-state index >= 15 is 0 Å². The number of nitrogens with zero attached hydrogens (tertiary/aromatic N) is 5. The SMILES string of the molecule is [2H]c1c([2H])c([2H])c(-c2cnc(-n3c4[c-]c(Oc5[c-]c(N6[CH-]N(c7cccc(C(C)(C)C)c7)c7cc(-c8ccccc8)ccc76)ccc5)ccc4c4cc(-n5c6ccccc6c6ccccc65)ccc43)cc2C([2H])([2H])[2H])c([2H])c1[2H].[Pt]. The molecule has 13 rings (SSSR count). The van der Waals surface area contributed by atoms with Gasteiger partial charge in [-0.05, 0) is 106 Å². The zero-order valence-corrected chi connectivity index (χ0v) is 41.6. The van der Waals surface area contributed by atoms with Gasteiger partial charge in [0.15, 0.2) is 0 Å². The molecule has 0 atom stereocenters. The van der Waals surface area contributed by atoms with Gasteiger partial charge in [-0.3, -0.25) is 0 Å². The molecular formula is C65H48N5OPt-3. The summed E-state index contributed by atoms with van der Waals surface area (Å²) in [5.41, 5.74) is 10.7. The maximum atomic E-state index is 8.76. The number of hydrogen-bond donors (Lipinski definition) is 0. The van der Waals surface area contributed by atoms with E-state index in [2.05, 4.69) is 139 Å². The molecule has 0 spiro atoms. The van der Waals surface area contributed by atoms with E-state index in [0.29, 0.717) is 22.5 Å². The van der Waals surface area contributed by atoms with Crippen LogP contribution in [0.4, 0.5) is 22.7 Å². The third-order valence-corrected chi connectivity index (χ3v) is 13.4. The molecule has 0 N–H and O–H groups in total. The quantitative estimate of drug-likeness (QED) is 0.142. The summed E-state index contributed by atoms with van der Waals surface area (Å²) in [6, 6.07) is 63.5. The Hall–Kier alpha value is -8.18. The average Bonchev–Trinajstić information content (AvgIpc) is 4.19. The minimum absolute atomic E-state index is 0. The Bertz CT molecular complexity index is 4370. The number of hydrogen-bond acceptors (Lipinski definition) is 4. The molecule has 6 nitrogen and oxygen atoms in total. The molecule has 0 bridgehead atoms. The van der Waals surface area contributed by atoms with Crippen molar-refractivity contribution < 1.29 is 36.8 Å². The second kappa shape index (κ2) is 17.9. The molecule has 72 heavy (non-hydrogen) atoms.